The molecule has 1 aromatic rings. The van der Waals surface area contributed by atoms with E-state index in [1.165, 1.54) is 11.1 Å². The minimum atomic E-state index is -0.741. The van der Waals surface area contributed by atoms with Crippen LogP contribution in [0.4, 0.5) is 0 Å². The standard InChI is InChI=1S/C12H15NO2/c1-9(12(14)15)13-7-6-10-4-2-3-5-11(10)8-13/h2-5,9H,6-8H2,1H3,(H,14,15)/t9-/m1/s1. The zero-order valence-corrected chi connectivity index (χ0v) is 8.81. The van der Waals surface area contributed by atoms with Crippen LogP contribution in [-0.4, -0.2) is 28.6 Å². The Morgan fingerprint density at radius 1 is 1.40 bits per heavy atom. The number of fused-ring (bicyclic) bond motifs is 1. The fraction of sp³-hybridized carbons (Fsp3) is 0.417. The Balaban J connectivity index is 2.15. The van der Waals surface area contributed by atoms with Gasteiger partial charge in [0.15, 0.2) is 0 Å². The van der Waals surface area contributed by atoms with Crippen molar-refractivity contribution < 1.29 is 9.90 Å². The van der Waals surface area contributed by atoms with E-state index in [2.05, 4.69) is 12.1 Å². The van der Waals surface area contributed by atoms with E-state index in [0.717, 1.165) is 19.5 Å². The summed E-state index contributed by atoms with van der Waals surface area (Å²) < 4.78 is 0. The van der Waals surface area contributed by atoms with Crippen LogP contribution in [0.2, 0.25) is 0 Å². The molecule has 1 aliphatic rings. The molecular formula is C12H15NO2. The monoisotopic (exact) mass is 205 g/mol. The smallest absolute Gasteiger partial charge is 0.320 e. The van der Waals surface area contributed by atoms with Gasteiger partial charge in [-0.1, -0.05) is 24.3 Å². The van der Waals surface area contributed by atoms with Crippen molar-refractivity contribution in [2.24, 2.45) is 0 Å². The molecule has 2 rings (SSSR count). The quantitative estimate of drug-likeness (QED) is 0.795. The van der Waals surface area contributed by atoms with Crippen LogP contribution in [-0.2, 0) is 17.8 Å². The van der Waals surface area contributed by atoms with Crippen LogP contribution in [0.1, 0.15) is 18.1 Å². The number of rotatable bonds is 2. The summed E-state index contributed by atoms with van der Waals surface area (Å²) in [5, 5.41) is 8.94. The Bertz CT molecular complexity index is 376. The van der Waals surface area contributed by atoms with Crippen LogP contribution in [0.15, 0.2) is 24.3 Å². The average molecular weight is 205 g/mol. The van der Waals surface area contributed by atoms with Gasteiger partial charge in [0.2, 0.25) is 0 Å². The largest absolute Gasteiger partial charge is 0.480 e. The molecule has 1 N–H and O–H groups in total. The first-order valence-electron chi connectivity index (χ1n) is 5.22. The molecule has 0 amide bonds. The van der Waals surface area contributed by atoms with Crippen LogP contribution in [0.5, 0.6) is 0 Å². The van der Waals surface area contributed by atoms with Crippen molar-refractivity contribution in [2.75, 3.05) is 6.54 Å². The molecule has 1 aromatic carbocycles. The molecule has 1 heterocycles. The molecule has 3 heteroatoms. The fourth-order valence-electron chi connectivity index (χ4n) is 2.00. The number of carbonyl (C=O) groups is 1. The molecule has 0 aliphatic carbocycles. The van der Waals surface area contributed by atoms with Crippen molar-refractivity contribution >= 4 is 5.97 Å². The van der Waals surface area contributed by atoms with Crippen LogP contribution in [0.3, 0.4) is 0 Å². The van der Waals surface area contributed by atoms with Crippen LogP contribution >= 0.6 is 0 Å². The average Bonchev–Trinajstić information content (AvgIpc) is 2.27. The van der Waals surface area contributed by atoms with Crippen molar-refractivity contribution in [3.8, 4) is 0 Å². The zero-order valence-electron chi connectivity index (χ0n) is 8.81. The SMILES string of the molecule is C[C@H](C(=O)O)N1CCc2ccccc2C1. The molecule has 0 spiro atoms. The molecule has 1 atom stereocenters. The normalized spacial score (nSPS) is 18.2. The summed E-state index contributed by atoms with van der Waals surface area (Å²) in [5.41, 5.74) is 2.61. The lowest BCUT2D eigenvalue weighted by molar-refractivity contribution is -0.143. The molecule has 80 valence electrons. The van der Waals surface area contributed by atoms with Gasteiger partial charge in [0.25, 0.3) is 0 Å². The number of benzene rings is 1. The second-order valence-corrected chi connectivity index (χ2v) is 4.00. The lowest BCUT2D eigenvalue weighted by atomic mass is 9.99. The predicted octanol–water partition coefficient (Wildman–Crippen LogP) is 1.52. The van der Waals surface area contributed by atoms with Crippen molar-refractivity contribution in [2.45, 2.75) is 25.9 Å². The van der Waals surface area contributed by atoms with Gasteiger partial charge in [-0.3, -0.25) is 9.69 Å². The fourth-order valence-corrected chi connectivity index (χ4v) is 2.00. The van der Waals surface area contributed by atoms with E-state index in [1.807, 2.05) is 17.0 Å². The van der Waals surface area contributed by atoms with Crippen molar-refractivity contribution in [3.63, 3.8) is 0 Å². The number of hydrogen-bond acceptors (Lipinski definition) is 2. The van der Waals surface area contributed by atoms with E-state index in [1.54, 1.807) is 6.92 Å². The number of hydrogen-bond donors (Lipinski definition) is 1. The van der Waals surface area contributed by atoms with Gasteiger partial charge in [-0.25, -0.2) is 0 Å². The molecule has 3 nitrogen and oxygen atoms in total. The molecule has 15 heavy (non-hydrogen) atoms. The topological polar surface area (TPSA) is 40.5 Å². The van der Waals surface area contributed by atoms with Gasteiger partial charge in [-0.05, 0) is 24.5 Å². The molecule has 0 unspecified atom stereocenters. The van der Waals surface area contributed by atoms with E-state index < -0.39 is 12.0 Å². The van der Waals surface area contributed by atoms with Crippen LogP contribution < -0.4 is 0 Å². The first-order valence-corrected chi connectivity index (χ1v) is 5.22. The summed E-state index contributed by atoms with van der Waals surface area (Å²) in [5.74, 6) is -0.741. The van der Waals surface area contributed by atoms with Gasteiger partial charge < -0.3 is 5.11 Å². The lowest BCUT2D eigenvalue weighted by Crippen LogP contribution is -2.42. The summed E-state index contributed by atoms with van der Waals surface area (Å²) in [6.45, 7) is 3.34. The Morgan fingerprint density at radius 2 is 2.07 bits per heavy atom. The molecule has 0 saturated carbocycles. The highest BCUT2D eigenvalue weighted by molar-refractivity contribution is 5.72. The summed E-state index contributed by atoms with van der Waals surface area (Å²) in [6, 6.07) is 7.86. The first kappa shape index (κ1) is 10.2. The first-order chi connectivity index (χ1) is 7.18. The Kier molecular flexibility index (Phi) is 2.73. The van der Waals surface area contributed by atoms with Crippen molar-refractivity contribution in [1.82, 2.24) is 4.90 Å². The maximum absolute atomic E-state index is 10.9. The van der Waals surface area contributed by atoms with Gasteiger partial charge in [-0.2, -0.15) is 0 Å². The maximum atomic E-state index is 10.9. The van der Waals surface area contributed by atoms with E-state index in [9.17, 15) is 4.79 Å². The summed E-state index contributed by atoms with van der Waals surface area (Å²) in [6.07, 6.45) is 0.952. The highest BCUT2D eigenvalue weighted by Crippen LogP contribution is 2.19. The van der Waals surface area contributed by atoms with Crippen molar-refractivity contribution in [1.29, 1.82) is 0 Å². The van der Waals surface area contributed by atoms with Crippen molar-refractivity contribution in [3.05, 3.63) is 35.4 Å². The third-order valence-electron chi connectivity index (χ3n) is 3.07. The number of carboxylic acid groups (broad SMARTS) is 1. The third kappa shape index (κ3) is 2.02. The van der Waals surface area contributed by atoms with E-state index in [0.29, 0.717) is 0 Å². The molecule has 0 aromatic heterocycles. The highest BCUT2D eigenvalue weighted by atomic mass is 16.4. The maximum Gasteiger partial charge on any atom is 0.320 e. The van der Waals surface area contributed by atoms with Gasteiger partial charge in [0.05, 0.1) is 0 Å². The molecule has 0 bridgehead atoms. The third-order valence-corrected chi connectivity index (χ3v) is 3.07. The van der Waals surface area contributed by atoms with E-state index >= 15 is 0 Å². The predicted molar refractivity (Wildman–Crippen MR) is 57.7 cm³/mol. The number of aliphatic carboxylic acids is 1. The molecule has 0 fully saturated rings. The molecule has 0 saturated heterocycles. The van der Waals surface area contributed by atoms with Gasteiger partial charge in [0.1, 0.15) is 6.04 Å². The number of carboxylic acids is 1. The Hall–Kier alpha value is -1.35. The van der Waals surface area contributed by atoms with E-state index in [4.69, 9.17) is 5.11 Å². The summed E-state index contributed by atoms with van der Waals surface area (Å²) in [4.78, 5) is 12.9. The van der Waals surface area contributed by atoms with Gasteiger partial charge in [0, 0.05) is 13.1 Å². The Labute approximate surface area is 89.3 Å². The second kappa shape index (κ2) is 4.03. The van der Waals surface area contributed by atoms with Crippen LogP contribution in [0, 0.1) is 0 Å². The molecule has 0 radical (unpaired) electrons. The van der Waals surface area contributed by atoms with E-state index in [-0.39, 0.29) is 0 Å². The summed E-state index contributed by atoms with van der Waals surface area (Å²) >= 11 is 0. The number of nitrogens with zero attached hydrogens (tertiary/aromatic N) is 1. The molecular weight excluding hydrogens is 190 g/mol. The minimum absolute atomic E-state index is 0.390. The Morgan fingerprint density at radius 3 is 2.73 bits per heavy atom. The van der Waals surface area contributed by atoms with Gasteiger partial charge >= 0.3 is 5.97 Å². The van der Waals surface area contributed by atoms with Crippen LogP contribution in [0.25, 0.3) is 0 Å². The molecule has 1 aliphatic heterocycles. The zero-order chi connectivity index (χ0) is 10.8. The highest BCUT2D eigenvalue weighted by Gasteiger charge is 2.24. The summed E-state index contributed by atoms with van der Waals surface area (Å²) in [7, 11) is 0. The van der Waals surface area contributed by atoms with Gasteiger partial charge in [-0.15, -0.1) is 0 Å². The lowest BCUT2D eigenvalue weighted by Gasteiger charge is -2.31. The minimum Gasteiger partial charge on any atom is -0.480 e. The second-order valence-electron chi connectivity index (χ2n) is 4.00.